The van der Waals surface area contributed by atoms with Gasteiger partial charge in [0.05, 0.1) is 12.1 Å². The minimum absolute atomic E-state index is 0.0395. The lowest BCUT2D eigenvalue weighted by atomic mass is 9.91. The molecule has 3 N–H and O–H groups in total. The van der Waals surface area contributed by atoms with Gasteiger partial charge in [0.25, 0.3) is 0 Å². The third-order valence-electron chi connectivity index (χ3n) is 4.35. The lowest BCUT2D eigenvalue weighted by Gasteiger charge is -2.38. The highest BCUT2D eigenvalue weighted by Gasteiger charge is 2.33. The maximum Gasteiger partial charge on any atom is 0.205 e. The summed E-state index contributed by atoms with van der Waals surface area (Å²) >= 11 is 1.48. The van der Waals surface area contributed by atoms with Gasteiger partial charge in [0.2, 0.25) is 5.13 Å². The van der Waals surface area contributed by atoms with Crippen LogP contribution >= 0.6 is 11.5 Å². The smallest absolute Gasteiger partial charge is 0.205 e. The molecule has 1 aliphatic heterocycles. The Balaban J connectivity index is 1.71. The molecule has 106 valence electrons. The zero-order valence-electron chi connectivity index (χ0n) is 11.2. The average molecular weight is 282 g/mol. The summed E-state index contributed by atoms with van der Waals surface area (Å²) in [5.41, 5.74) is 5.71. The van der Waals surface area contributed by atoms with Crippen LogP contribution in [0.1, 0.15) is 50.3 Å². The minimum Gasteiger partial charge on any atom is -0.394 e. The summed E-state index contributed by atoms with van der Waals surface area (Å²) in [6, 6.07) is 0. The number of aromatic nitrogens is 2. The van der Waals surface area contributed by atoms with Gasteiger partial charge in [-0.15, -0.1) is 0 Å². The molecule has 0 spiro atoms. The molecule has 0 amide bonds. The fraction of sp³-hybridized carbons (Fsp3) is 0.846. The quantitative estimate of drug-likeness (QED) is 0.878. The molecule has 0 aromatic carbocycles. The van der Waals surface area contributed by atoms with Crippen molar-refractivity contribution < 1.29 is 5.11 Å². The second kappa shape index (κ2) is 5.34. The van der Waals surface area contributed by atoms with E-state index in [-0.39, 0.29) is 6.61 Å². The van der Waals surface area contributed by atoms with Crippen molar-refractivity contribution in [3.63, 3.8) is 0 Å². The fourth-order valence-corrected chi connectivity index (χ4v) is 3.93. The first-order valence-corrected chi connectivity index (χ1v) is 7.96. The van der Waals surface area contributed by atoms with Crippen LogP contribution < -0.4 is 10.6 Å². The van der Waals surface area contributed by atoms with E-state index in [2.05, 4.69) is 9.27 Å². The van der Waals surface area contributed by atoms with Crippen molar-refractivity contribution in [1.82, 2.24) is 9.36 Å². The number of aliphatic hydroxyl groups excluding tert-OH is 1. The first-order valence-electron chi connectivity index (χ1n) is 7.18. The summed E-state index contributed by atoms with van der Waals surface area (Å²) in [5.74, 6) is 1.59. The molecule has 2 fully saturated rings. The third-order valence-corrected chi connectivity index (χ3v) is 5.14. The van der Waals surface area contributed by atoms with Gasteiger partial charge >= 0.3 is 0 Å². The zero-order chi connectivity index (χ0) is 13.3. The molecule has 1 saturated heterocycles. The number of anilines is 1. The molecule has 1 unspecified atom stereocenters. The molecule has 0 bridgehead atoms. The largest absolute Gasteiger partial charge is 0.394 e. The molecule has 2 aliphatic rings. The number of aliphatic hydroxyl groups is 1. The van der Waals surface area contributed by atoms with E-state index in [0.717, 1.165) is 30.3 Å². The molecule has 1 aromatic heterocycles. The molecule has 0 radical (unpaired) electrons. The van der Waals surface area contributed by atoms with Crippen LogP contribution in [0.3, 0.4) is 0 Å². The van der Waals surface area contributed by atoms with Crippen LogP contribution in [0, 0.1) is 0 Å². The number of piperidine rings is 1. The second-order valence-electron chi connectivity index (χ2n) is 5.96. The Morgan fingerprint density at radius 2 is 2.16 bits per heavy atom. The molecule has 3 rings (SSSR count). The van der Waals surface area contributed by atoms with Gasteiger partial charge in [0.15, 0.2) is 0 Å². The highest BCUT2D eigenvalue weighted by molar-refractivity contribution is 7.09. The Morgan fingerprint density at radius 3 is 2.89 bits per heavy atom. The summed E-state index contributed by atoms with van der Waals surface area (Å²) in [5, 5.41) is 10.4. The van der Waals surface area contributed by atoms with Crippen LogP contribution in [0.4, 0.5) is 5.13 Å². The normalized spacial score (nSPS) is 29.1. The number of hydrogen-bond donors (Lipinski definition) is 2. The summed E-state index contributed by atoms with van der Waals surface area (Å²) in [4.78, 5) is 6.90. The monoisotopic (exact) mass is 282 g/mol. The Bertz CT molecular complexity index is 432. The van der Waals surface area contributed by atoms with Crippen molar-refractivity contribution >= 4 is 16.7 Å². The topological polar surface area (TPSA) is 75.3 Å². The second-order valence-corrected chi connectivity index (χ2v) is 6.69. The first kappa shape index (κ1) is 13.3. The first-order chi connectivity index (χ1) is 9.20. The minimum atomic E-state index is -0.475. The van der Waals surface area contributed by atoms with E-state index in [1.54, 1.807) is 0 Å². The van der Waals surface area contributed by atoms with Crippen LogP contribution in [0.25, 0.3) is 0 Å². The van der Waals surface area contributed by atoms with E-state index in [4.69, 9.17) is 10.7 Å². The van der Waals surface area contributed by atoms with Gasteiger partial charge in [-0.2, -0.15) is 4.37 Å². The van der Waals surface area contributed by atoms with Crippen molar-refractivity contribution in [2.24, 2.45) is 5.73 Å². The number of hydrogen-bond acceptors (Lipinski definition) is 6. The van der Waals surface area contributed by atoms with Gasteiger partial charge in [-0.1, -0.05) is 12.8 Å². The Labute approximate surface area is 118 Å². The van der Waals surface area contributed by atoms with Gasteiger partial charge < -0.3 is 15.7 Å². The van der Waals surface area contributed by atoms with Crippen LogP contribution in [0.15, 0.2) is 0 Å². The van der Waals surface area contributed by atoms with E-state index >= 15 is 0 Å². The lowest BCUT2D eigenvalue weighted by molar-refractivity contribution is 0.177. The van der Waals surface area contributed by atoms with Crippen molar-refractivity contribution in [3.8, 4) is 0 Å². The predicted octanol–water partition coefficient (Wildman–Crippen LogP) is 1.49. The van der Waals surface area contributed by atoms with Gasteiger partial charge in [0, 0.05) is 30.5 Å². The van der Waals surface area contributed by atoms with Gasteiger partial charge in [-0.25, -0.2) is 4.98 Å². The molecular weight excluding hydrogens is 260 g/mol. The van der Waals surface area contributed by atoms with Gasteiger partial charge in [-0.05, 0) is 25.7 Å². The average Bonchev–Trinajstić information content (AvgIpc) is 3.09. The Kier molecular flexibility index (Phi) is 3.73. The maximum absolute atomic E-state index is 9.41. The predicted molar refractivity (Wildman–Crippen MR) is 76.6 cm³/mol. The highest BCUT2D eigenvalue weighted by Crippen LogP contribution is 2.35. The molecule has 6 heteroatoms. The Hall–Kier alpha value is -0.720. The van der Waals surface area contributed by atoms with Crippen molar-refractivity contribution in [2.45, 2.75) is 50.0 Å². The SMILES string of the molecule is NC1(CO)CCCN(c2nc(C3CCCC3)ns2)C1. The number of nitrogens with two attached hydrogens (primary N) is 1. The third kappa shape index (κ3) is 2.75. The molecular formula is C13H22N4OS. The van der Waals surface area contributed by atoms with Crippen molar-refractivity contribution in [3.05, 3.63) is 5.82 Å². The van der Waals surface area contributed by atoms with E-state index in [0.29, 0.717) is 12.5 Å². The molecule has 2 heterocycles. The van der Waals surface area contributed by atoms with Gasteiger partial charge in [0.1, 0.15) is 5.82 Å². The van der Waals surface area contributed by atoms with Crippen LogP contribution in [-0.4, -0.2) is 39.7 Å². The lowest BCUT2D eigenvalue weighted by Crippen LogP contribution is -2.56. The van der Waals surface area contributed by atoms with Gasteiger partial charge in [-0.3, -0.25) is 0 Å². The molecule has 1 atom stereocenters. The summed E-state index contributed by atoms with van der Waals surface area (Å²) in [6.45, 7) is 1.69. The number of rotatable bonds is 3. The zero-order valence-corrected chi connectivity index (χ0v) is 12.0. The maximum atomic E-state index is 9.41. The molecule has 5 nitrogen and oxygen atoms in total. The van der Waals surface area contributed by atoms with E-state index in [9.17, 15) is 5.11 Å². The summed E-state index contributed by atoms with van der Waals surface area (Å²) in [7, 11) is 0. The summed E-state index contributed by atoms with van der Waals surface area (Å²) in [6.07, 6.45) is 6.96. The standard InChI is InChI=1S/C13H22N4OS/c14-13(9-18)6-3-7-17(8-13)12-15-11(16-19-12)10-4-1-2-5-10/h10,18H,1-9,14H2. The van der Waals surface area contributed by atoms with E-state index in [1.165, 1.54) is 37.2 Å². The Morgan fingerprint density at radius 1 is 1.37 bits per heavy atom. The van der Waals surface area contributed by atoms with Crippen molar-refractivity contribution in [1.29, 1.82) is 0 Å². The molecule has 1 saturated carbocycles. The molecule has 1 aliphatic carbocycles. The summed E-state index contributed by atoms with van der Waals surface area (Å²) < 4.78 is 4.53. The van der Waals surface area contributed by atoms with Crippen LogP contribution in [0.5, 0.6) is 0 Å². The van der Waals surface area contributed by atoms with E-state index in [1.807, 2.05) is 0 Å². The molecule has 1 aromatic rings. The van der Waals surface area contributed by atoms with Crippen LogP contribution in [-0.2, 0) is 0 Å². The van der Waals surface area contributed by atoms with Crippen LogP contribution in [0.2, 0.25) is 0 Å². The number of nitrogens with zero attached hydrogens (tertiary/aromatic N) is 3. The molecule has 19 heavy (non-hydrogen) atoms. The van der Waals surface area contributed by atoms with E-state index < -0.39 is 5.54 Å². The van der Waals surface area contributed by atoms with Crippen molar-refractivity contribution in [2.75, 3.05) is 24.6 Å². The fourth-order valence-electron chi connectivity index (χ4n) is 3.16. The highest BCUT2D eigenvalue weighted by atomic mass is 32.1.